The van der Waals surface area contributed by atoms with Crippen molar-refractivity contribution in [3.63, 3.8) is 0 Å². The summed E-state index contributed by atoms with van der Waals surface area (Å²) in [6.07, 6.45) is 10.6. The Morgan fingerprint density at radius 2 is 1.75 bits per heavy atom. The first-order chi connectivity index (χ1) is 5.83. The third-order valence-corrected chi connectivity index (χ3v) is 2.44. The van der Waals surface area contributed by atoms with Gasteiger partial charge in [0.05, 0.1) is 0 Å². The van der Waals surface area contributed by atoms with Crippen LogP contribution in [0.1, 0.15) is 19.3 Å². The van der Waals surface area contributed by atoms with E-state index < -0.39 is 0 Å². The highest BCUT2D eigenvalue weighted by Crippen LogP contribution is 2.34. The predicted molar refractivity (Wildman–Crippen MR) is 48.7 cm³/mol. The molecule has 1 aliphatic rings. The van der Waals surface area contributed by atoms with E-state index in [2.05, 4.69) is 12.2 Å². The molecule has 0 aromatic heterocycles. The largest absolute Gasteiger partial charge is 0.396 e. The van der Waals surface area contributed by atoms with Crippen LogP contribution in [-0.2, 0) is 0 Å². The second-order valence-corrected chi connectivity index (χ2v) is 3.30. The third-order valence-electron chi connectivity index (χ3n) is 2.44. The summed E-state index contributed by atoms with van der Waals surface area (Å²) in [6.45, 7) is 0.385. The molecule has 0 aromatic rings. The lowest BCUT2D eigenvalue weighted by Gasteiger charge is -2.29. The number of rotatable bonds is 4. The van der Waals surface area contributed by atoms with Crippen LogP contribution in [0.3, 0.4) is 0 Å². The van der Waals surface area contributed by atoms with E-state index in [1.54, 1.807) is 0 Å². The smallest absolute Gasteiger partial charge is 0.0439 e. The van der Waals surface area contributed by atoms with Gasteiger partial charge >= 0.3 is 0 Å². The topological polar surface area (TPSA) is 40.5 Å². The van der Waals surface area contributed by atoms with Gasteiger partial charge < -0.3 is 10.2 Å². The Morgan fingerprint density at radius 3 is 2.17 bits per heavy atom. The molecule has 0 saturated heterocycles. The molecule has 0 spiro atoms. The predicted octanol–water partition coefficient (Wildman–Crippen LogP) is 1.25. The molecule has 2 N–H and O–H groups in total. The molecule has 0 aromatic carbocycles. The van der Waals surface area contributed by atoms with Crippen LogP contribution in [0.15, 0.2) is 24.3 Å². The van der Waals surface area contributed by atoms with Gasteiger partial charge in [0.25, 0.3) is 0 Å². The summed E-state index contributed by atoms with van der Waals surface area (Å²) in [6, 6.07) is 0. The highest BCUT2D eigenvalue weighted by atomic mass is 16.3. The molecule has 0 amide bonds. The molecule has 0 atom stereocenters. The van der Waals surface area contributed by atoms with Crippen molar-refractivity contribution >= 4 is 0 Å². The minimum absolute atomic E-state index is 0.0122. The summed E-state index contributed by atoms with van der Waals surface area (Å²) in [7, 11) is 0. The van der Waals surface area contributed by atoms with E-state index in [4.69, 9.17) is 10.2 Å². The van der Waals surface area contributed by atoms with Crippen molar-refractivity contribution in [2.75, 3.05) is 13.2 Å². The zero-order valence-corrected chi connectivity index (χ0v) is 7.24. The quantitative estimate of drug-likeness (QED) is 0.663. The van der Waals surface area contributed by atoms with Gasteiger partial charge in [0.1, 0.15) is 0 Å². The lowest BCUT2D eigenvalue weighted by molar-refractivity contribution is 0.172. The van der Waals surface area contributed by atoms with Crippen molar-refractivity contribution in [1.82, 2.24) is 0 Å². The van der Waals surface area contributed by atoms with Crippen molar-refractivity contribution in [3.05, 3.63) is 24.3 Å². The van der Waals surface area contributed by atoms with Crippen molar-refractivity contribution in [2.45, 2.75) is 19.3 Å². The molecule has 2 heteroatoms. The average Bonchev–Trinajstić information content (AvgIpc) is 2.07. The van der Waals surface area contributed by atoms with Gasteiger partial charge in [0, 0.05) is 13.2 Å². The first kappa shape index (κ1) is 9.49. The molecule has 68 valence electrons. The molecule has 0 heterocycles. The number of hydrogen-bond donors (Lipinski definition) is 2. The maximum Gasteiger partial charge on any atom is 0.0439 e. The zero-order valence-electron chi connectivity index (χ0n) is 7.24. The van der Waals surface area contributed by atoms with Crippen LogP contribution in [0.5, 0.6) is 0 Å². The van der Waals surface area contributed by atoms with Crippen molar-refractivity contribution in [1.29, 1.82) is 0 Å². The number of hydrogen-bond acceptors (Lipinski definition) is 2. The molecule has 0 aliphatic heterocycles. The van der Waals surface area contributed by atoms with Gasteiger partial charge in [-0.15, -0.1) is 0 Å². The van der Waals surface area contributed by atoms with E-state index in [-0.39, 0.29) is 18.6 Å². The van der Waals surface area contributed by atoms with Crippen LogP contribution >= 0.6 is 0 Å². The summed E-state index contributed by atoms with van der Waals surface area (Å²) in [5.74, 6) is 0. The molecule has 1 rings (SSSR count). The standard InChI is InChI=1S/C10H16O2/c11-8-6-10(7-9-12)4-2-1-3-5-10/h1-4,11-12H,5-9H2. The summed E-state index contributed by atoms with van der Waals surface area (Å²) in [5, 5.41) is 17.7. The van der Waals surface area contributed by atoms with Gasteiger partial charge in [-0.3, -0.25) is 0 Å². The molecular formula is C10H16O2. The minimum Gasteiger partial charge on any atom is -0.396 e. The minimum atomic E-state index is 0.0122. The Bertz CT molecular complexity index is 176. The summed E-state index contributed by atoms with van der Waals surface area (Å²) in [5.41, 5.74) is 0.0122. The Balaban J connectivity index is 2.59. The summed E-state index contributed by atoms with van der Waals surface area (Å²) < 4.78 is 0. The fourth-order valence-electron chi connectivity index (χ4n) is 1.65. The lowest BCUT2D eigenvalue weighted by Crippen LogP contribution is -2.21. The van der Waals surface area contributed by atoms with Crippen LogP contribution in [0.25, 0.3) is 0 Å². The van der Waals surface area contributed by atoms with E-state index in [9.17, 15) is 0 Å². The lowest BCUT2D eigenvalue weighted by atomic mass is 9.76. The molecule has 0 fully saturated rings. The molecule has 0 unspecified atom stereocenters. The summed E-state index contributed by atoms with van der Waals surface area (Å²) >= 11 is 0. The van der Waals surface area contributed by atoms with E-state index in [0.717, 1.165) is 19.3 Å². The average molecular weight is 168 g/mol. The maximum atomic E-state index is 8.87. The third kappa shape index (κ3) is 2.19. The van der Waals surface area contributed by atoms with Crippen LogP contribution in [0.4, 0.5) is 0 Å². The molecular weight excluding hydrogens is 152 g/mol. The van der Waals surface area contributed by atoms with Gasteiger partial charge in [-0.25, -0.2) is 0 Å². The first-order valence-corrected chi connectivity index (χ1v) is 4.39. The van der Waals surface area contributed by atoms with Gasteiger partial charge in [-0.1, -0.05) is 24.3 Å². The van der Waals surface area contributed by atoms with Gasteiger partial charge in [0.15, 0.2) is 0 Å². The van der Waals surface area contributed by atoms with Crippen LogP contribution in [-0.4, -0.2) is 23.4 Å². The molecule has 0 radical (unpaired) electrons. The normalized spacial score (nSPS) is 19.8. The van der Waals surface area contributed by atoms with E-state index in [1.807, 2.05) is 12.2 Å². The number of allylic oxidation sites excluding steroid dienone is 4. The van der Waals surface area contributed by atoms with Gasteiger partial charge in [0.2, 0.25) is 0 Å². The van der Waals surface area contributed by atoms with E-state index in [1.165, 1.54) is 0 Å². The number of aliphatic hydroxyl groups excluding tert-OH is 2. The monoisotopic (exact) mass is 168 g/mol. The highest BCUT2D eigenvalue weighted by molar-refractivity contribution is 5.16. The second-order valence-electron chi connectivity index (χ2n) is 3.30. The maximum absolute atomic E-state index is 8.87. The van der Waals surface area contributed by atoms with Crippen LogP contribution in [0, 0.1) is 5.41 Å². The van der Waals surface area contributed by atoms with E-state index in [0.29, 0.717) is 0 Å². The van der Waals surface area contributed by atoms with Gasteiger partial charge in [-0.2, -0.15) is 0 Å². The van der Waals surface area contributed by atoms with Crippen LogP contribution < -0.4 is 0 Å². The van der Waals surface area contributed by atoms with Gasteiger partial charge in [-0.05, 0) is 24.7 Å². The highest BCUT2D eigenvalue weighted by Gasteiger charge is 2.25. The Kier molecular flexibility index (Phi) is 3.50. The molecule has 0 saturated carbocycles. The van der Waals surface area contributed by atoms with Crippen molar-refractivity contribution in [3.8, 4) is 0 Å². The van der Waals surface area contributed by atoms with E-state index >= 15 is 0 Å². The van der Waals surface area contributed by atoms with Crippen molar-refractivity contribution < 1.29 is 10.2 Å². The zero-order chi connectivity index (χ0) is 8.86. The Labute approximate surface area is 73.2 Å². The number of aliphatic hydroxyl groups is 2. The first-order valence-electron chi connectivity index (χ1n) is 4.39. The Hall–Kier alpha value is -0.600. The fourth-order valence-corrected chi connectivity index (χ4v) is 1.65. The molecule has 1 aliphatic carbocycles. The SMILES string of the molecule is OCCC1(CCO)C=CC=CC1. The second kappa shape index (κ2) is 4.43. The van der Waals surface area contributed by atoms with Crippen molar-refractivity contribution in [2.24, 2.45) is 5.41 Å². The van der Waals surface area contributed by atoms with Crippen LogP contribution in [0.2, 0.25) is 0 Å². The molecule has 2 nitrogen and oxygen atoms in total. The molecule has 12 heavy (non-hydrogen) atoms. The Morgan fingerprint density at radius 1 is 1.08 bits per heavy atom. The molecule has 0 bridgehead atoms. The fraction of sp³-hybridized carbons (Fsp3) is 0.600. The summed E-state index contributed by atoms with van der Waals surface area (Å²) in [4.78, 5) is 0.